The van der Waals surface area contributed by atoms with Gasteiger partial charge in [0.15, 0.2) is 11.5 Å². The van der Waals surface area contributed by atoms with Crippen molar-refractivity contribution in [2.24, 2.45) is 0 Å². The average molecular weight is 534 g/mol. The number of hydrogen-bond donors (Lipinski definition) is 1. The van der Waals surface area contributed by atoms with Crippen LogP contribution in [0.4, 0.5) is 6.01 Å². The highest BCUT2D eigenvalue weighted by atomic mass is 35.5. The zero-order chi connectivity index (χ0) is 24.2. The molecule has 0 bridgehead atoms. The molecule has 0 unspecified atom stereocenters. The number of nitrogens with one attached hydrogen (secondary N) is 1. The van der Waals surface area contributed by atoms with Gasteiger partial charge in [-0.1, -0.05) is 49.2 Å². The molecule has 1 N–H and O–H groups in total. The second-order valence-corrected chi connectivity index (χ2v) is 10.7. The van der Waals surface area contributed by atoms with Crippen LogP contribution in [-0.2, 0) is 22.0 Å². The minimum Gasteiger partial charge on any atom is -0.489 e. The molecule has 0 radical (unpaired) electrons. The van der Waals surface area contributed by atoms with Crippen LogP contribution in [-0.4, -0.2) is 32.1 Å². The third-order valence-corrected chi connectivity index (χ3v) is 6.09. The van der Waals surface area contributed by atoms with Crippen LogP contribution in [0.25, 0.3) is 0 Å². The Morgan fingerprint density at radius 2 is 1.70 bits per heavy atom. The molecular formula is C22H23Cl3N2O5S. The van der Waals surface area contributed by atoms with E-state index in [1.54, 1.807) is 0 Å². The van der Waals surface area contributed by atoms with E-state index < -0.39 is 15.4 Å². The summed E-state index contributed by atoms with van der Waals surface area (Å²) in [5.74, 6) is 1.75. The van der Waals surface area contributed by atoms with Gasteiger partial charge in [0.2, 0.25) is 10.0 Å². The molecule has 0 aliphatic rings. The summed E-state index contributed by atoms with van der Waals surface area (Å²) < 4.78 is 41.2. The van der Waals surface area contributed by atoms with Gasteiger partial charge in [-0.2, -0.15) is 0 Å². The molecule has 0 fully saturated rings. The average Bonchev–Trinajstić information content (AvgIpc) is 3.17. The SMILES string of the molecule is CC(C)(c1ccc(OCc2cnc(NS(C)(=O)=O)o2)cc1)c1cc(Cl)c(OCCCl)c(Cl)c1. The largest absolute Gasteiger partial charge is 0.489 e. The van der Waals surface area contributed by atoms with Crippen LogP contribution in [0.15, 0.2) is 47.0 Å². The highest BCUT2D eigenvalue weighted by Gasteiger charge is 2.25. The molecule has 0 aliphatic heterocycles. The maximum Gasteiger partial charge on any atom is 0.308 e. The summed E-state index contributed by atoms with van der Waals surface area (Å²) in [6.45, 7) is 4.54. The molecular weight excluding hydrogens is 511 g/mol. The molecule has 0 aliphatic carbocycles. The Balaban J connectivity index is 1.70. The third kappa shape index (κ3) is 6.69. The van der Waals surface area contributed by atoms with E-state index >= 15 is 0 Å². The van der Waals surface area contributed by atoms with Gasteiger partial charge in [0.1, 0.15) is 19.0 Å². The standard InChI is InChI=1S/C22H23Cl3N2O5S/c1-22(2,15-10-18(24)20(19(25)11-15)30-9-8-23)14-4-6-16(7-5-14)31-13-17-12-26-21(32-17)27-33(3,28)29/h4-7,10-12H,8-9,13H2,1-3H3,(H,26,27). The number of aromatic nitrogens is 1. The molecule has 0 saturated carbocycles. The first-order valence-electron chi connectivity index (χ1n) is 9.83. The summed E-state index contributed by atoms with van der Waals surface area (Å²) in [5.41, 5.74) is 1.56. The van der Waals surface area contributed by atoms with Gasteiger partial charge in [-0.05, 0) is 35.4 Å². The highest BCUT2D eigenvalue weighted by molar-refractivity contribution is 7.91. The second-order valence-electron chi connectivity index (χ2n) is 7.75. The van der Waals surface area contributed by atoms with Crippen LogP contribution in [0.2, 0.25) is 10.0 Å². The Bertz CT molecular complexity index is 1190. The molecule has 7 nitrogen and oxygen atoms in total. The number of rotatable bonds is 10. The monoisotopic (exact) mass is 532 g/mol. The van der Waals surface area contributed by atoms with Crippen LogP contribution in [0.5, 0.6) is 11.5 Å². The Labute approximate surface area is 208 Å². The molecule has 33 heavy (non-hydrogen) atoms. The number of ether oxygens (including phenoxy) is 2. The van der Waals surface area contributed by atoms with Crippen LogP contribution in [0.3, 0.4) is 0 Å². The van der Waals surface area contributed by atoms with Gasteiger partial charge in [0.25, 0.3) is 0 Å². The second kappa shape index (κ2) is 10.4. The smallest absolute Gasteiger partial charge is 0.308 e. The van der Waals surface area contributed by atoms with Crippen LogP contribution < -0.4 is 14.2 Å². The van der Waals surface area contributed by atoms with Crippen molar-refractivity contribution in [1.82, 2.24) is 4.98 Å². The van der Waals surface area contributed by atoms with Gasteiger partial charge in [-0.3, -0.25) is 0 Å². The predicted octanol–water partition coefficient (Wildman–Crippen LogP) is 5.88. The highest BCUT2D eigenvalue weighted by Crippen LogP contribution is 2.40. The number of alkyl halides is 1. The van der Waals surface area contributed by atoms with Gasteiger partial charge >= 0.3 is 6.01 Å². The van der Waals surface area contributed by atoms with E-state index in [4.69, 9.17) is 48.7 Å². The van der Waals surface area contributed by atoms with E-state index in [-0.39, 0.29) is 12.6 Å². The van der Waals surface area contributed by atoms with Crippen LogP contribution in [0, 0.1) is 0 Å². The number of anilines is 1. The van der Waals surface area contributed by atoms with E-state index in [0.717, 1.165) is 17.4 Å². The van der Waals surface area contributed by atoms with Crippen LogP contribution >= 0.6 is 34.8 Å². The molecule has 1 heterocycles. The third-order valence-electron chi connectivity index (χ3n) is 4.83. The molecule has 1 aromatic heterocycles. The van der Waals surface area contributed by atoms with E-state index in [0.29, 0.717) is 39.8 Å². The van der Waals surface area contributed by atoms with Crippen molar-refractivity contribution in [3.63, 3.8) is 0 Å². The van der Waals surface area contributed by atoms with E-state index in [2.05, 4.69) is 23.6 Å². The molecule has 3 rings (SSSR count). The Morgan fingerprint density at radius 1 is 1.06 bits per heavy atom. The van der Waals surface area contributed by atoms with Crippen molar-refractivity contribution in [1.29, 1.82) is 0 Å². The van der Waals surface area contributed by atoms with Crippen molar-refractivity contribution in [2.45, 2.75) is 25.9 Å². The van der Waals surface area contributed by atoms with Gasteiger partial charge < -0.3 is 13.9 Å². The normalized spacial score (nSPS) is 11.9. The van der Waals surface area contributed by atoms with Gasteiger partial charge in [-0.25, -0.2) is 18.1 Å². The van der Waals surface area contributed by atoms with E-state index in [1.165, 1.54) is 6.20 Å². The minimum absolute atomic E-state index is 0.0934. The lowest BCUT2D eigenvalue weighted by atomic mass is 9.78. The fourth-order valence-corrected chi connectivity index (χ4v) is 4.15. The zero-order valence-corrected chi connectivity index (χ0v) is 21.3. The molecule has 178 valence electrons. The first-order chi connectivity index (χ1) is 15.5. The summed E-state index contributed by atoms with van der Waals surface area (Å²) in [4.78, 5) is 3.86. The fraction of sp³-hybridized carbons (Fsp3) is 0.318. The molecule has 0 saturated heterocycles. The number of hydrogen-bond acceptors (Lipinski definition) is 6. The first kappa shape index (κ1) is 25.5. The van der Waals surface area contributed by atoms with Crippen molar-refractivity contribution in [3.05, 3.63) is 69.5 Å². The van der Waals surface area contributed by atoms with Crippen molar-refractivity contribution < 1.29 is 22.3 Å². The van der Waals surface area contributed by atoms with Crippen molar-refractivity contribution >= 4 is 50.8 Å². The lowest BCUT2D eigenvalue weighted by Gasteiger charge is -2.27. The maximum absolute atomic E-state index is 11.2. The summed E-state index contributed by atoms with van der Waals surface area (Å²) in [7, 11) is -3.46. The summed E-state index contributed by atoms with van der Waals surface area (Å²) in [6, 6.07) is 11.2. The Morgan fingerprint density at radius 3 is 2.27 bits per heavy atom. The van der Waals surface area contributed by atoms with Gasteiger partial charge in [-0.15, -0.1) is 11.6 Å². The number of benzene rings is 2. The van der Waals surface area contributed by atoms with Crippen molar-refractivity contribution in [3.8, 4) is 11.5 Å². The number of oxazole rings is 1. The first-order valence-corrected chi connectivity index (χ1v) is 13.0. The number of sulfonamides is 1. The maximum atomic E-state index is 11.2. The number of halogens is 3. The summed E-state index contributed by atoms with van der Waals surface area (Å²) >= 11 is 18.5. The lowest BCUT2D eigenvalue weighted by Crippen LogP contribution is -2.19. The predicted molar refractivity (Wildman–Crippen MR) is 131 cm³/mol. The molecule has 0 spiro atoms. The van der Waals surface area contributed by atoms with E-state index in [9.17, 15) is 8.42 Å². The Kier molecular flexibility index (Phi) is 8.05. The lowest BCUT2D eigenvalue weighted by molar-refractivity contribution is 0.272. The number of nitrogens with zero attached hydrogens (tertiary/aromatic N) is 1. The molecule has 0 amide bonds. The molecule has 0 atom stereocenters. The summed E-state index contributed by atoms with van der Waals surface area (Å²) in [5, 5.41) is 0.847. The molecule has 2 aromatic carbocycles. The van der Waals surface area contributed by atoms with Gasteiger partial charge in [0.05, 0.1) is 28.4 Å². The van der Waals surface area contributed by atoms with E-state index in [1.807, 2.05) is 36.4 Å². The van der Waals surface area contributed by atoms with Crippen LogP contribution in [0.1, 0.15) is 30.7 Å². The molecule has 3 aromatic rings. The summed E-state index contributed by atoms with van der Waals surface area (Å²) in [6.07, 6.45) is 2.42. The minimum atomic E-state index is -3.46. The Hall–Kier alpha value is -2.13. The fourth-order valence-electron chi connectivity index (χ4n) is 3.07. The van der Waals surface area contributed by atoms with Crippen molar-refractivity contribution in [2.75, 3.05) is 23.5 Å². The topological polar surface area (TPSA) is 90.7 Å². The molecule has 11 heteroatoms. The zero-order valence-electron chi connectivity index (χ0n) is 18.2. The van der Waals surface area contributed by atoms with Gasteiger partial charge in [0, 0.05) is 5.41 Å². The quantitative estimate of drug-likeness (QED) is 0.328.